The molecule has 9 aromatic rings. The summed E-state index contributed by atoms with van der Waals surface area (Å²) in [5, 5.41) is 6.29. The molecule has 4 heteroatoms. The number of nitrogens with zero attached hydrogens (tertiary/aromatic N) is 3. The molecule has 0 aliphatic carbocycles. The molecular formula is C32H17N3S. The van der Waals surface area contributed by atoms with Gasteiger partial charge in [-0.2, -0.15) is 0 Å². The van der Waals surface area contributed by atoms with Crippen LogP contribution in [0.1, 0.15) is 0 Å². The van der Waals surface area contributed by atoms with Gasteiger partial charge in [0.1, 0.15) is 5.52 Å². The van der Waals surface area contributed by atoms with Crippen LogP contribution in [0.5, 0.6) is 0 Å². The molecule has 0 unspecified atom stereocenters. The third-order valence-corrected chi connectivity index (χ3v) is 8.67. The van der Waals surface area contributed by atoms with E-state index in [4.69, 9.17) is 9.97 Å². The maximum Gasteiger partial charge on any atom is 0.165 e. The molecule has 0 bridgehead atoms. The van der Waals surface area contributed by atoms with E-state index in [1.54, 1.807) is 0 Å². The number of aromatic nitrogens is 3. The number of thiophene rings is 1. The van der Waals surface area contributed by atoms with Crippen molar-refractivity contribution in [1.29, 1.82) is 0 Å². The zero-order valence-corrected chi connectivity index (χ0v) is 19.9. The molecule has 36 heavy (non-hydrogen) atoms. The summed E-state index contributed by atoms with van der Waals surface area (Å²) in [5.74, 6) is 0. The molecule has 5 aromatic carbocycles. The molecular weight excluding hydrogens is 458 g/mol. The lowest BCUT2D eigenvalue weighted by Gasteiger charge is -2.07. The lowest BCUT2D eigenvalue weighted by Crippen LogP contribution is -1.90. The summed E-state index contributed by atoms with van der Waals surface area (Å²) in [7, 11) is 0. The Kier molecular flexibility index (Phi) is 3.42. The Balaban J connectivity index is 1.47. The summed E-state index contributed by atoms with van der Waals surface area (Å²) < 4.78 is 5.00. The first kappa shape index (κ1) is 18.7. The summed E-state index contributed by atoms with van der Waals surface area (Å²) in [6.45, 7) is 0. The van der Waals surface area contributed by atoms with Gasteiger partial charge in [0.2, 0.25) is 0 Å². The molecule has 4 heterocycles. The summed E-state index contributed by atoms with van der Waals surface area (Å²) in [6, 6.07) is 36.9. The van der Waals surface area contributed by atoms with E-state index in [2.05, 4.69) is 83.3 Å². The summed E-state index contributed by atoms with van der Waals surface area (Å²) >= 11 is 1.86. The highest BCUT2D eigenvalue weighted by Crippen LogP contribution is 2.43. The predicted molar refractivity (Wildman–Crippen MR) is 153 cm³/mol. The quantitative estimate of drug-likeness (QED) is 0.237. The van der Waals surface area contributed by atoms with Crippen LogP contribution in [0.2, 0.25) is 0 Å². The largest absolute Gasteiger partial charge is 0.291 e. The summed E-state index contributed by atoms with van der Waals surface area (Å²) in [5.41, 5.74) is 8.57. The van der Waals surface area contributed by atoms with Gasteiger partial charge in [-0.1, -0.05) is 72.8 Å². The standard InChI is InChI=1S/C32H17N3S/c1-4-14-27-20(7-1)24-17-18(15-16-28(24)36-27)19-8-5-9-21-22-10-6-11-23-29-32(35(30(19)21)31(22)23)34-26-13-3-2-12-25(26)33-29/h1-17H. The molecule has 0 spiro atoms. The number of para-hydroxylation sites is 4. The fourth-order valence-corrected chi connectivity index (χ4v) is 7.06. The fourth-order valence-electron chi connectivity index (χ4n) is 5.97. The summed E-state index contributed by atoms with van der Waals surface area (Å²) in [6.07, 6.45) is 0. The van der Waals surface area contributed by atoms with E-state index in [0.717, 1.165) is 27.6 Å². The van der Waals surface area contributed by atoms with Gasteiger partial charge in [-0.15, -0.1) is 11.3 Å². The Bertz CT molecular complexity index is 2320. The van der Waals surface area contributed by atoms with E-state index >= 15 is 0 Å². The fraction of sp³-hybridized carbons (Fsp3) is 0. The highest BCUT2D eigenvalue weighted by molar-refractivity contribution is 7.25. The van der Waals surface area contributed by atoms with Gasteiger partial charge in [0.05, 0.1) is 22.1 Å². The molecule has 166 valence electrons. The minimum atomic E-state index is 0.919. The Morgan fingerprint density at radius 2 is 1.22 bits per heavy atom. The maximum absolute atomic E-state index is 5.14. The van der Waals surface area contributed by atoms with Gasteiger partial charge in [0.15, 0.2) is 5.65 Å². The van der Waals surface area contributed by atoms with E-state index in [0.29, 0.717) is 0 Å². The van der Waals surface area contributed by atoms with Crippen LogP contribution in [0.15, 0.2) is 103 Å². The highest BCUT2D eigenvalue weighted by atomic mass is 32.1. The van der Waals surface area contributed by atoms with Crippen LogP contribution in [-0.2, 0) is 0 Å². The van der Waals surface area contributed by atoms with Crippen molar-refractivity contribution < 1.29 is 0 Å². The predicted octanol–water partition coefficient (Wildman–Crippen LogP) is 8.81. The average molecular weight is 476 g/mol. The van der Waals surface area contributed by atoms with E-state index in [-0.39, 0.29) is 0 Å². The normalized spacial score (nSPS) is 12.4. The van der Waals surface area contributed by atoms with Crippen molar-refractivity contribution in [3.63, 3.8) is 0 Å². The first-order valence-corrected chi connectivity index (χ1v) is 12.9. The van der Waals surface area contributed by atoms with Crippen LogP contribution in [-0.4, -0.2) is 14.4 Å². The van der Waals surface area contributed by atoms with Gasteiger partial charge in [-0.25, -0.2) is 9.97 Å². The SMILES string of the molecule is c1ccc2nc3c(nc2c1)c1cccc2c4cccc(-c5ccc6sc7ccccc7c6c5)c4n3c21. The molecule has 3 nitrogen and oxygen atoms in total. The number of benzene rings is 5. The molecule has 9 rings (SSSR count). The first-order chi connectivity index (χ1) is 17.8. The molecule has 4 aromatic heterocycles. The number of hydrogen-bond acceptors (Lipinski definition) is 3. The highest BCUT2D eigenvalue weighted by Gasteiger charge is 2.21. The van der Waals surface area contributed by atoms with Crippen LogP contribution in [0, 0.1) is 0 Å². The van der Waals surface area contributed by atoms with E-state index in [1.807, 2.05) is 35.6 Å². The van der Waals surface area contributed by atoms with Gasteiger partial charge in [-0.05, 0) is 35.9 Å². The van der Waals surface area contributed by atoms with E-state index in [1.165, 1.54) is 53.1 Å². The lowest BCUT2D eigenvalue weighted by atomic mass is 10.00. The zero-order chi connectivity index (χ0) is 23.4. The van der Waals surface area contributed by atoms with Crippen LogP contribution >= 0.6 is 11.3 Å². The second kappa shape index (κ2) is 6.56. The average Bonchev–Trinajstić information content (AvgIpc) is 3.58. The van der Waals surface area contributed by atoms with Crippen LogP contribution in [0.4, 0.5) is 0 Å². The number of rotatable bonds is 1. The maximum atomic E-state index is 5.14. The molecule has 0 saturated heterocycles. The second-order valence-corrected chi connectivity index (χ2v) is 10.5. The van der Waals surface area contributed by atoms with Gasteiger partial charge in [0.25, 0.3) is 0 Å². The Hall–Kier alpha value is -4.54. The molecule has 0 amide bonds. The van der Waals surface area contributed by atoms with Crippen LogP contribution < -0.4 is 0 Å². The molecule has 0 aliphatic heterocycles. The van der Waals surface area contributed by atoms with Crippen molar-refractivity contribution in [2.45, 2.75) is 0 Å². The van der Waals surface area contributed by atoms with Crippen molar-refractivity contribution in [2.75, 3.05) is 0 Å². The van der Waals surface area contributed by atoms with E-state index in [9.17, 15) is 0 Å². The Labute approximate surface area is 209 Å². The third-order valence-electron chi connectivity index (χ3n) is 7.52. The van der Waals surface area contributed by atoms with Crippen molar-refractivity contribution in [3.8, 4) is 11.1 Å². The molecule has 0 aliphatic rings. The third kappa shape index (κ3) is 2.27. The minimum absolute atomic E-state index is 0.919. The van der Waals surface area contributed by atoms with Gasteiger partial charge >= 0.3 is 0 Å². The number of fused-ring (bicyclic) bond motifs is 10. The zero-order valence-electron chi connectivity index (χ0n) is 19.1. The van der Waals surface area contributed by atoms with Gasteiger partial charge in [-0.3, -0.25) is 4.40 Å². The Morgan fingerprint density at radius 1 is 0.528 bits per heavy atom. The van der Waals surface area contributed by atoms with Crippen molar-refractivity contribution in [3.05, 3.63) is 103 Å². The van der Waals surface area contributed by atoms with Gasteiger partial charge in [0, 0.05) is 41.9 Å². The smallest absolute Gasteiger partial charge is 0.165 e. The lowest BCUT2D eigenvalue weighted by molar-refractivity contribution is 1.28. The Morgan fingerprint density at radius 3 is 2.14 bits per heavy atom. The van der Waals surface area contributed by atoms with Crippen molar-refractivity contribution in [1.82, 2.24) is 14.4 Å². The van der Waals surface area contributed by atoms with Crippen LogP contribution in [0.25, 0.3) is 80.7 Å². The minimum Gasteiger partial charge on any atom is -0.291 e. The molecule has 0 saturated carbocycles. The second-order valence-electron chi connectivity index (χ2n) is 9.43. The van der Waals surface area contributed by atoms with Crippen molar-refractivity contribution >= 4 is 80.9 Å². The molecule has 0 atom stereocenters. The van der Waals surface area contributed by atoms with Crippen molar-refractivity contribution in [2.24, 2.45) is 0 Å². The van der Waals surface area contributed by atoms with Crippen LogP contribution in [0.3, 0.4) is 0 Å². The molecule has 0 radical (unpaired) electrons. The topological polar surface area (TPSA) is 30.2 Å². The first-order valence-electron chi connectivity index (χ1n) is 12.1. The number of hydrogen-bond donors (Lipinski definition) is 0. The van der Waals surface area contributed by atoms with Gasteiger partial charge < -0.3 is 0 Å². The molecule has 0 fully saturated rings. The summed E-state index contributed by atoms with van der Waals surface area (Å²) in [4.78, 5) is 10.2. The monoisotopic (exact) mass is 475 g/mol. The molecule has 0 N–H and O–H groups in total. The van der Waals surface area contributed by atoms with E-state index < -0.39 is 0 Å².